The zero-order valence-corrected chi connectivity index (χ0v) is 15.6. The highest BCUT2D eigenvalue weighted by molar-refractivity contribution is 6.39. The summed E-state index contributed by atoms with van der Waals surface area (Å²) in [5.41, 5.74) is 1.46. The molecule has 8 nitrogen and oxygen atoms in total. The van der Waals surface area contributed by atoms with Crippen LogP contribution in [0.1, 0.15) is 10.4 Å². The van der Waals surface area contributed by atoms with Crippen molar-refractivity contribution in [2.75, 3.05) is 18.9 Å². The number of carbonyl (C=O) groups excluding carboxylic acids is 2. The Labute approximate surface area is 164 Å². The van der Waals surface area contributed by atoms with Crippen molar-refractivity contribution in [1.82, 2.24) is 25.1 Å². The second-order valence-corrected chi connectivity index (χ2v) is 6.42. The summed E-state index contributed by atoms with van der Waals surface area (Å²) in [6.07, 6.45) is 1.45. The molecule has 0 aliphatic carbocycles. The number of para-hydroxylation sites is 1. The van der Waals surface area contributed by atoms with E-state index in [4.69, 9.17) is 23.2 Å². The first-order valence-corrected chi connectivity index (χ1v) is 8.54. The van der Waals surface area contributed by atoms with Crippen LogP contribution in [0.25, 0.3) is 5.69 Å². The number of anilines is 1. The molecule has 2 aromatic carbocycles. The Morgan fingerprint density at radius 1 is 1.11 bits per heavy atom. The molecule has 0 spiro atoms. The molecule has 27 heavy (non-hydrogen) atoms. The van der Waals surface area contributed by atoms with Gasteiger partial charge in [-0.1, -0.05) is 29.3 Å². The molecule has 0 saturated heterocycles. The summed E-state index contributed by atoms with van der Waals surface area (Å²) in [7, 11) is 1.53. The molecule has 2 amide bonds. The Morgan fingerprint density at radius 2 is 1.78 bits per heavy atom. The molecule has 3 rings (SSSR count). The van der Waals surface area contributed by atoms with Crippen LogP contribution in [-0.4, -0.2) is 50.5 Å². The number of halogens is 2. The molecule has 138 valence electrons. The first-order chi connectivity index (χ1) is 13.0. The number of benzene rings is 2. The van der Waals surface area contributed by atoms with Crippen LogP contribution in [0.2, 0.25) is 10.0 Å². The van der Waals surface area contributed by atoms with E-state index in [0.717, 1.165) is 0 Å². The molecular formula is C17H14Cl2N6O2. The number of likely N-dealkylation sites (N-methyl/N-ethyl adjacent to an activating group) is 1. The van der Waals surface area contributed by atoms with Crippen LogP contribution in [0.5, 0.6) is 0 Å². The molecule has 0 fully saturated rings. The van der Waals surface area contributed by atoms with Gasteiger partial charge in [0.05, 0.1) is 28.0 Å². The summed E-state index contributed by atoms with van der Waals surface area (Å²) < 4.78 is 1.47. The molecule has 1 heterocycles. The predicted octanol–water partition coefficient (Wildman–Crippen LogP) is 2.68. The van der Waals surface area contributed by atoms with E-state index in [-0.39, 0.29) is 12.5 Å². The number of aromatic nitrogens is 4. The Bertz CT molecular complexity index is 940. The van der Waals surface area contributed by atoms with E-state index < -0.39 is 5.91 Å². The van der Waals surface area contributed by atoms with Gasteiger partial charge in [-0.25, -0.2) is 4.68 Å². The van der Waals surface area contributed by atoms with E-state index in [1.807, 2.05) is 0 Å². The summed E-state index contributed by atoms with van der Waals surface area (Å²) in [5, 5.41) is 14.2. The van der Waals surface area contributed by atoms with Crippen molar-refractivity contribution < 1.29 is 9.59 Å². The summed E-state index contributed by atoms with van der Waals surface area (Å²) >= 11 is 12.1. The Hall–Kier alpha value is -2.97. The topological polar surface area (TPSA) is 93.0 Å². The van der Waals surface area contributed by atoms with E-state index >= 15 is 0 Å². The number of rotatable bonds is 5. The normalized spacial score (nSPS) is 10.5. The number of nitrogens with one attached hydrogen (secondary N) is 1. The zero-order chi connectivity index (χ0) is 19.4. The third-order valence-corrected chi connectivity index (χ3v) is 4.31. The summed E-state index contributed by atoms with van der Waals surface area (Å²) in [4.78, 5) is 26.0. The SMILES string of the molecule is CN(CC(=O)Nc1c(Cl)cccc1Cl)C(=O)c1ccc(-n2cnnn2)cc1. The van der Waals surface area contributed by atoms with E-state index in [0.29, 0.717) is 27.0 Å². The van der Waals surface area contributed by atoms with Crippen molar-refractivity contribution in [1.29, 1.82) is 0 Å². The molecule has 0 aliphatic rings. The fourth-order valence-electron chi connectivity index (χ4n) is 2.34. The number of carbonyl (C=O) groups is 2. The minimum Gasteiger partial charge on any atom is -0.332 e. The minimum absolute atomic E-state index is 0.158. The van der Waals surface area contributed by atoms with Gasteiger partial charge in [0, 0.05) is 12.6 Å². The lowest BCUT2D eigenvalue weighted by molar-refractivity contribution is -0.116. The van der Waals surface area contributed by atoms with E-state index in [9.17, 15) is 9.59 Å². The largest absolute Gasteiger partial charge is 0.332 e. The summed E-state index contributed by atoms with van der Waals surface area (Å²) in [6.45, 7) is -0.158. The van der Waals surface area contributed by atoms with Crippen molar-refractivity contribution in [2.45, 2.75) is 0 Å². The van der Waals surface area contributed by atoms with Crippen molar-refractivity contribution in [2.24, 2.45) is 0 Å². The first-order valence-electron chi connectivity index (χ1n) is 7.78. The highest BCUT2D eigenvalue weighted by Crippen LogP contribution is 2.29. The van der Waals surface area contributed by atoms with Crippen LogP contribution < -0.4 is 5.32 Å². The molecule has 0 atom stereocenters. The minimum atomic E-state index is -0.411. The standard InChI is InChI=1S/C17H14Cl2N6O2/c1-24(9-15(26)21-16-13(18)3-2-4-14(16)19)17(27)11-5-7-12(8-6-11)25-10-20-22-23-25/h2-8,10H,9H2,1H3,(H,21,26). The quantitative estimate of drug-likeness (QED) is 0.705. The molecule has 3 aromatic rings. The maximum atomic E-state index is 12.5. The fourth-order valence-corrected chi connectivity index (χ4v) is 2.83. The van der Waals surface area contributed by atoms with Crippen molar-refractivity contribution >= 4 is 40.7 Å². The maximum Gasteiger partial charge on any atom is 0.254 e. The van der Waals surface area contributed by atoms with Crippen molar-refractivity contribution in [3.63, 3.8) is 0 Å². The summed E-state index contributed by atoms with van der Waals surface area (Å²) in [6, 6.07) is 11.6. The fraction of sp³-hybridized carbons (Fsp3) is 0.118. The van der Waals surface area contributed by atoms with Gasteiger partial charge in [0.1, 0.15) is 6.33 Å². The average Bonchev–Trinajstić information content (AvgIpc) is 3.19. The molecule has 1 aromatic heterocycles. The van der Waals surface area contributed by atoms with Crippen LogP contribution in [0.15, 0.2) is 48.8 Å². The lowest BCUT2D eigenvalue weighted by Gasteiger charge is -2.17. The molecule has 0 unspecified atom stereocenters. The number of hydrogen-bond acceptors (Lipinski definition) is 5. The third-order valence-electron chi connectivity index (χ3n) is 3.68. The number of hydrogen-bond donors (Lipinski definition) is 1. The lowest BCUT2D eigenvalue weighted by atomic mass is 10.2. The molecule has 0 bridgehead atoms. The second-order valence-electron chi connectivity index (χ2n) is 5.61. The molecule has 10 heteroatoms. The van der Waals surface area contributed by atoms with Crippen molar-refractivity contribution in [3.05, 3.63) is 64.4 Å². The Balaban J connectivity index is 1.64. The highest BCUT2D eigenvalue weighted by Gasteiger charge is 2.17. The Morgan fingerprint density at radius 3 is 2.37 bits per heavy atom. The Kier molecular flexibility index (Phi) is 5.68. The van der Waals surface area contributed by atoms with Crippen LogP contribution in [0.3, 0.4) is 0 Å². The van der Waals surface area contributed by atoms with Gasteiger partial charge in [-0.2, -0.15) is 0 Å². The van der Waals surface area contributed by atoms with Crippen LogP contribution in [0.4, 0.5) is 5.69 Å². The van der Waals surface area contributed by atoms with Crippen LogP contribution in [0, 0.1) is 0 Å². The van der Waals surface area contributed by atoms with E-state index in [2.05, 4.69) is 20.8 Å². The van der Waals surface area contributed by atoms with E-state index in [1.54, 1.807) is 42.5 Å². The van der Waals surface area contributed by atoms with Gasteiger partial charge in [-0.3, -0.25) is 9.59 Å². The number of amides is 2. The zero-order valence-electron chi connectivity index (χ0n) is 14.1. The van der Waals surface area contributed by atoms with Crippen molar-refractivity contribution in [3.8, 4) is 5.69 Å². The van der Waals surface area contributed by atoms with Gasteiger partial charge >= 0.3 is 0 Å². The van der Waals surface area contributed by atoms with Gasteiger partial charge in [0.2, 0.25) is 5.91 Å². The van der Waals surface area contributed by atoms with Gasteiger partial charge in [0.15, 0.2) is 0 Å². The van der Waals surface area contributed by atoms with Crippen LogP contribution in [-0.2, 0) is 4.79 Å². The van der Waals surface area contributed by atoms with Crippen LogP contribution >= 0.6 is 23.2 Å². The van der Waals surface area contributed by atoms with Gasteiger partial charge < -0.3 is 10.2 Å². The third kappa shape index (κ3) is 4.42. The molecule has 1 N–H and O–H groups in total. The first kappa shape index (κ1) is 18.8. The van der Waals surface area contributed by atoms with Gasteiger partial charge in [0.25, 0.3) is 5.91 Å². The van der Waals surface area contributed by atoms with E-state index in [1.165, 1.54) is 23.0 Å². The second kappa shape index (κ2) is 8.15. The maximum absolute atomic E-state index is 12.5. The smallest absolute Gasteiger partial charge is 0.254 e. The molecular weight excluding hydrogens is 391 g/mol. The molecule has 0 aliphatic heterocycles. The summed E-state index contributed by atoms with van der Waals surface area (Å²) in [5.74, 6) is -0.718. The predicted molar refractivity (Wildman–Crippen MR) is 101 cm³/mol. The highest BCUT2D eigenvalue weighted by atomic mass is 35.5. The average molecular weight is 405 g/mol. The lowest BCUT2D eigenvalue weighted by Crippen LogP contribution is -2.35. The van der Waals surface area contributed by atoms with Gasteiger partial charge in [-0.15, -0.1) is 5.10 Å². The number of nitrogens with zero attached hydrogens (tertiary/aromatic N) is 5. The molecule has 0 saturated carbocycles. The monoisotopic (exact) mass is 404 g/mol. The van der Waals surface area contributed by atoms with Gasteiger partial charge in [-0.05, 0) is 46.8 Å². The number of tetrazole rings is 1. The molecule has 0 radical (unpaired) electrons.